The minimum Gasteiger partial charge on any atom is -0.309 e. The molecule has 1 aromatic rings. The van der Waals surface area contributed by atoms with Gasteiger partial charge in [-0.2, -0.15) is 0 Å². The van der Waals surface area contributed by atoms with Gasteiger partial charge in [-0.25, -0.2) is 0 Å². The quantitative estimate of drug-likeness (QED) is 0.798. The summed E-state index contributed by atoms with van der Waals surface area (Å²) in [5, 5.41) is 3.33. The van der Waals surface area contributed by atoms with Crippen molar-refractivity contribution in [2.45, 2.75) is 34.1 Å². The van der Waals surface area contributed by atoms with Crippen LogP contribution in [0.3, 0.4) is 0 Å². The molecular formula is C15H23N. The standard InChI is InChI=1S/C13H17N.C2H6/c1-3-11-8-12(5-4-10(11)2)13-6-7-14-9-13;1-2/h4-6,8,14H,3,7,9H2,1-2H3;1-2H3. The Balaban J connectivity index is 0.000000606. The Kier molecular flexibility index (Phi) is 5.27. The van der Waals surface area contributed by atoms with E-state index >= 15 is 0 Å². The first-order valence-corrected chi connectivity index (χ1v) is 6.31. The Morgan fingerprint density at radius 1 is 1.25 bits per heavy atom. The molecule has 1 aliphatic rings. The molecule has 0 saturated carbocycles. The summed E-state index contributed by atoms with van der Waals surface area (Å²) in [6, 6.07) is 6.79. The van der Waals surface area contributed by atoms with E-state index < -0.39 is 0 Å². The summed E-state index contributed by atoms with van der Waals surface area (Å²) in [4.78, 5) is 0. The minimum absolute atomic E-state index is 1.02. The Morgan fingerprint density at radius 3 is 2.56 bits per heavy atom. The molecule has 88 valence electrons. The fraction of sp³-hybridized carbons (Fsp3) is 0.467. The lowest BCUT2D eigenvalue weighted by Gasteiger charge is -2.07. The molecule has 1 heterocycles. The normalized spacial score (nSPS) is 14.1. The van der Waals surface area contributed by atoms with Crippen LogP contribution in [-0.4, -0.2) is 13.1 Å². The van der Waals surface area contributed by atoms with Crippen molar-refractivity contribution in [3.63, 3.8) is 0 Å². The summed E-state index contributed by atoms with van der Waals surface area (Å²) in [5.41, 5.74) is 5.70. The van der Waals surface area contributed by atoms with Gasteiger partial charge in [-0.05, 0) is 35.6 Å². The largest absolute Gasteiger partial charge is 0.309 e. The Morgan fingerprint density at radius 2 is 2.00 bits per heavy atom. The van der Waals surface area contributed by atoms with Crippen LogP contribution in [0.1, 0.15) is 37.5 Å². The number of hydrogen-bond acceptors (Lipinski definition) is 1. The molecule has 0 atom stereocenters. The molecular weight excluding hydrogens is 194 g/mol. The van der Waals surface area contributed by atoms with Gasteiger partial charge in [-0.3, -0.25) is 0 Å². The molecule has 1 N–H and O–H groups in total. The molecule has 0 spiro atoms. The molecule has 0 radical (unpaired) electrons. The predicted molar refractivity (Wildman–Crippen MR) is 72.8 cm³/mol. The van der Waals surface area contributed by atoms with E-state index in [1.54, 1.807) is 0 Å². The minimum atomic E-state index is 1.02. The van der Waals surface area contributed by atoms with Crippen molar-refractivity contribution >= 4 is 5.57 Å². The monoisotopic (exact) mass is 217 g/mol. The molecule has 1 nitrogen and oxygen atoms in total. The molecule has 0 fully saturated rings. The summed E-state index contributed by atoms with van der Waals surface area (Å²) < 4.78 is 0. The predicted octanol–water partition coefficient (Wildman–Crippen LogP) is 3.57. The first-order chi connectivity index (χ1) is 7.81. The summed E-state index contributed by atoms with van der Waals surface area (Å²) >= 11 is 0. The maximum Gasteiger partial charge on any atom is 0.0211 e. The second-order valence-electron chi connectivity index (χ2n) is 3.86. The van der Waals surface area contributed by atoms with Crippen LogP contribution in [0, 0.1) is 6.92 Å². The summed E-state index contributed by atoms with van der Waals surface area (Å²) in [6.07, 6.45) is 3.41. The van der Waals surface area contributed by atoms with Gasteiger partial charge in [0.1, 0.15) is 0 Å². The number of benzene rings is 1. The zero-order chi connectivity index (χ0) is 12.0. The van der Waals surface area contributed by atoms with Crippen LogP contribution in [0.4, 0.5) is 0 Å². The number of hydrogen-bond donors (Lipinski definition) is 1. The van der Waals surface area contributed by atoms with Gasteiger partial charge in [0.2, 0.25) is 0 Å². The van der Waals surface area contributed by atoms with E-state index in [4.69, 9.17) is 0 Å². The van der Waals surface area contributed by atoms with Crippen molar-refractivity contribution in [1.29, 1.82) is 0 Å². The van der Waals surface area contributed by atoms with Gasteiger partial charge < -0.3 is 5.32 Å². The van der Waals surface area contributed by atoms with Crippen LogP contribution in [-0.2, 0) is 6.42 Å². The van der Waals surface area contributed by atoms with Crippen LogP contribution < -0.4 is 5.32 Å². The van der Waals surface area contributed by atoms with E-state index in [2.05, 4.69) is 43.4 Å². The van der Waals surface area contributed by atoms with Crippen LogP contribution in [0.2, 0.25) is 0 Å². The van der Waals surface area contributed by atoms with Gasteiger partial charge in [0.25, 0.3) is 0 Å². The van der Waals surface area contributed by atoms with E-state index in [-0.39, 0.29) is 0 Å². The highest BCUT2D eigenvalue weighted by atomic mass is 14.9. The van der Waals surface area contributed by atoms with E-state index in [9.17, 15) is 0 Å². The second kappa shape index (κ2) is 6.49. The Labute approximate surface area is 99.6 Å². The first-order valence-electron chi connectivity index (χ1n) is 6.31. The highest BCUT2D eigenvalue weighted by Gasteiger charge is 2.07. The van der Waals surface area contributed by atoms with Crippen molar-refractivity contribution in [2.24, 2.45) is 0 Å². The third kappa shape index (κ3) is 2.96. The lowest BCUT2D eigenvalue weighted by Crippen LogP contribution is -2.07. The number of aryl methyl sites for hydroxylation is 2. The van der Waals surface area contributed by atoms with Crippen molar-refractivity contribution in [1.82, 2.24) is 5.32 Å². The van der Waals surface area contributed by atoms with Gasteiger partial charge in [0.15, 0.2) is 0 Å². The van der Waals surface area contributed by atoms with E-state index in [0.717, 1.165) is 19.5 Å². The summed E-state index contributed by atoms with van der Waals surface area (Å²) in [6.45, 7) is 10.4. The Hall–Kier alpha value is -1.08. The zero-order valence-corrected chi connectivity index (χ0v) is 10.9. The lowest BCUT2D eigenvalue weighted by molar-refractivity contribution is 0.897. The van der Waals surface area contributed by atoms with Gasteiger partial charge in [0.05, 0.1) is 0 Å². The number of nitrogens with one attached hydrogen (secondary N) is 1. The summed E-state index contributed by atoms with van der Waals surface area (Å²) in [5.74, 6) is 0. The average Bonchev–Trinajstić information content (AvgIpc) is 2.86. The third-order valence-electron chi connectivity index (χ3n) is 2.91. The topological polar surface area (TPSA) is 12.0 Å². The molecule has 16 heavy (non-hydrogen) atoms. The number of rotatable bonds is 2. The zero-order valence-electron chi connectivity index (χ0n) is 10.9. The molecule has 0 aliphatic carbocycles. The first kappa shape index (κ1) is 13.0. The van der Waals surface area contributed by atoms with Crippen LogP contribution in [0.25, 0.3) is 5.57 Å². The van der Waals surface area contributed by atoms with Crippen LogP contribution >= 0.6 is 0 Å². The average molecular weight is 217 g/mol. The van der Waals surface area contributed by atoms with Gasteiger partial charge in [-0.15, -0.1) is 0 Å². The fourth-order valence-electron chi connectivity index (χ4n) is 1.95. The molecule has 0 amide bonds. The Bertz CT molecular complexity index is 364. The summed E-state index contributed by atoms with van der Waals surface area (Å²) in [7, 11) is 0. The van der Waals surface area contributed by atoms with Crippen molar-refractivity contribution in [2.75, 3.05) is 13.1 Å². The molecule has 0 bridgehead atoms. The van der Waals surface area contributed by atoms with E-state index in [1.807, 2.05) is 13.8 Å². The maximum atomic E-state index is 3.33. The SMILES string of the molecule is CC.CCc1cc(C2=CCNC2)ccc1C. The molecule has 2 rings (SSSR count). The van der Waals surface area contributed by atoms with Gasteiger partial charge in [0, 0.05) is 13.1 Å². The molecule has 0 saturated heterocycles. The van der Waals surface area contributed by atoms with Crippen molar-refractivity contribution in [3.05, 3.63) is 41.0 Å². The maximum absolute atomic E-state index is 3.33. The van der Waals surface area contributed by atoms with Gasteiger partial charge >= 0.3 is 0 Å². The molecule has 0 aromatic heterocycles. The van der Waals surface area contributed by atoms with Crippen molar-refractivity contribution < 1.29 is 0 Å². The fourth-order valence-corrected chi connectivity index (χ4v) is 1.95. The van der Waals surface area contributed by atoms with E-state index in [0.29, 0.717) is 0 Å². The van der Waals surface area contributed by atoms with Crippen molar-refractivity contribution in [3.8, 4) is 0 Å². The van der Waals surface area contributed by atoms with Crippen LogP contribution in [0.5, 0.6) is 0 Å². The highest BCUT2D eigenvalue weighted by molar-refractivity contribution is 5.69. The smallest absolute Gasteiger partial charge is 0.0211 e. The lowest BCUT2D eigenvalue weighted by atomic mass is 9.99. The third-order valence-corrected chi connectivity index (χ3v) is 2.91. The highest BCUT2D eigenvalue weighted by Crippen LogP contribution is 2.20. The molecule has 0 unspecified atom stereocenters. The molecule has 1 aromatic carbocycles. The van der Waals surface area contributed by atoms with E-state index in [1.165, 1.54) is 22.3 Å². The molecule has 1 aliphatic heterocycles. The second-order valence-corrected chi connectivity index (χ2v) is 3.86. The van der Waals surface area contributed by atoms with Gasteiger partial charge in [-0.1, -0.05) is 45.0 Å². The van der Waals surface area contributed by atoms with Crippen LogP contribution in [0.15, 0.2) is 24.3 Å². The molecule has 1 heteroatoms.